The molecule has 1 N–H and O–H groups in total. The van der Waals surface area contributed by atoms with Crippen LogP contribution in [0.2, 0.25) is 0 Å². The van der Waals surface area contributed by atoms with Crippen LogP contribution in [0, 0.1) is 0 Å². The standard InChI is InChI=1S/C15H15N3O2S/c1-15(2,3)17-14(20)18-12-8-21-7-11(12)10-6-16-5-4-9(10)13(18)19/h4-8H,1-3H3,(H,17,20). The van der Waals surface area contributed by atoms with Crippen LogP contribution in [0.25, 0.3) is 21.7 Å². The summed E-state index contributed by atoms with van der Waals surface area (Å²) in [5.74, 6) is 0. The molecule has 0 radical (unpaired) electrons. The number of nitrogens with zero attached hydrogens (tertiary/aromatic N) is 2. The molecule has 3 aromatic rings. The maximum absolute atomic E-state index is 12.6. The summed E-state index contributed by atoms with van der Waals surface area (Å²) >= 11 is 1.46. The lowest BCUT2D eigenvalue weighted by Gasteiger charge is -2.21. The van der Waals surface area contributed by atoms with Gasteiger partial charge in [-0.2, -0.15) is 0 Å². The van der Waals surface area contributed by atoms with Crippen LogP contribution >= 0.6 is 11.3 Å². The van der Waals surface area contributed by atoms with E-state index < -0.39 is 11.6 Å². The highest BCUT2D eigenvalue weighted by Gasteiger charge is 2.20. The normalized spacial score (nSPS) is 12.0. The van der Waals surface area contributed by atoms with Crippen LogP contribution in [0.15, 0.2) is 34.0 Å². The molecule has 21 heavy (non-hydrogen) atoms. The molecule has 0 bridgehead atoms. The van der Waals surface area contributed by atoms with Gasteiger partial charge in [-0.05, 0) is 26.8 Å². The molecule has 1 amide bonds. The lowest BCUT2D eigenvalue weighted by Crippen LogP contribution is -2.46. The van der Waals surface area contributed by atoms with E-state index in [1.807, 2.05) is 31.5 Å². The van der Waals surface area contributed by atoms with Crippen molar-refractivity contribution in [2.24, 2.45) is 0 Å². The fourth-order valence-electron chi connectivity index (χ4n) is 2.27. The van der Waals surface area contributed by atoms with E-state index in [0.29, 0.717) is 10.9 Å². The van der Waals surface area contributed by atoms with Crippen molar-refractivity contribution in [3.05, 3.63) is 39.6 Å². The zero-order chi connectivity index (χ0) is 15.2. The van der Waals surface area contributed by atoms with Crippen LogP contribution in [-0.4, -0.2) is 21.1 Å². The number of thiophene rings is 1. The lowest BCUT2D eigenvalue weighted by molar-refractivity contribution is 0.234. The summed E-state index contributed by atoms with van der Waals surface area (Å²) in [6, 6.07) is 1.24. The first kappa shape index (κ1) is 13.8. The van der Waals surface area contributed by atoms with E-state index in [0.717, 1.165) is 10.8 Å². The molecule has 3 aromatic heterocycles. The van der Waals surface area contributed by atoms with Gasteiger partial charge in [-0.1, -0.05) is 0 Å². The van der Waals surface area contributed by atoms with E-state index in [1.54, 1.807) is 18.5 Å². The summed E-state index contributed by atoms with van der Waals surface area (Å²) < 4.78 is 1.21. The third-order valence-corrected chi connectivity index (χ3v) is 3.84. The molecule has 0 saturated heterocycles. The predicted octanol–water partition coefficient (Wildman–Crippen LogP) is 2.97. The first-order chi connectivity index (χ1) is 9.88. The highest BCUT2D eigenvalue weighted by molar-refractivity contribution is 7.09. The average molecular weight is 301 g/mol. The smallest absolute Gasteiger partial charge is 0.329 e. The molecule has 108 valence electrons. The minimum atomic E-state index is -0.411. The predicted molar refractivity (Wildman–Crippen MR) is 85.1 cm³/mol. The van der Waals surface area contributed by atoms with Crippen LogP contribution in [0.1, 0.15) is 20.8 Å². The van der Waals surface area contributed by atoms with Gasteiger partial charge in [-0.15, -0.1) is 11.3 Å². The van der Waals surface area contributed by atoms with E-state index >= 15 is 0 Å². The second-order valence-electron chi connectivity index (χ2n) is 5.91. The molecule has 0 saturated carbocycles. The first-order valence-corrected chi connectivity index (χ1v) is 7.50. The van der Waals surface area contributed by atoms with Crippen LogP contribution in [0.3, 0.4) is 0 Å². The maximum atomic E-state index is 12.6. The fraction of sp³-hybridized carbons (Fsp3) is 0.267. The van der Waals surface area contributed by atoms with E-state index in [1.165, 1.54) is 15.9 Å². The second kappa shape index (κ2) is 4.66. The third kappa shape index (κ3) is 2.31. The number of aromatic nitrogens is 2. The molecule has 0 aliphatic carbocycles. The van der Waals surface area contributed by atoms with Gasteiger partial charge in [-0.3, -0.25) is 9.78 Å². The maximum Gasteiger partial charge on any atom is 0.329 e. The summed E-state index contributed by atoms with van der Waals surface area (Å²) in [4.78, 5) is 29.2. The van der Waals surface area contributed by atoms with Crippen molar-refractivity contribution in [3.63, 3.8) is 0 Å². The van der Waals surface area contributed by atoms with Gasteiger partial charge in [0.25, 0.3) is 5.56 Å². The lowest BCUT2D eigenvalue weighted by atomic mass is 10.1. The average Bonchev–Trinajstić information content (AvgIpc) is 2.86. The second-order valence-corrected chi connectivity index (χ2v) is 6.66. The van der Waals surface area contributed by atoms with Crippen LogP contribution in [0.5, 0.6) is 0 Å². The molecule has 6 heteroatoms. The number of fused-ring (bicyclic) bond motifs is 3. The van der Waals surface area contributed by atoms with Crippen LogP contribution in [0.4, 0.5) is 4.79 Å². The number of hydrogen-bond acceptors (Lipinski definition) is 4. The minimum absolute atomic E-state index is 0.319. The van der Waals surface area contributed by atoms with Crippen molar-refractivity contribution in [2.45, 2.75) is 26.3 Å². The summed E-state index contributed by atoms with van der Waals surface area (Å²) in [6.07, 6.45) is 3.23. The van der Waals surface area contributed by atoms with E-state index in [4.69, 9.17) is 0 Å². The van der Waals surface area contributed by atoms with Crippen molar-refractivity contribution in [1.29, 1.82) is 0 Å². The Kier molecular flexibility index (Phi) is 3.06. The van der Waals surface area contributed by atoms with Gasteiger partial charge in [0.05, 0.1) is 10.9 Å². The largest absolute Gasteiger partial charge is 0.333 e. The topological polar surface area (TPSA) is 64.0 Å². The van der Waals surface area contributed by atoms with E-state index in [-0.39, 0.29) is 5.56 Å². The highest BCUT2D eigenvalue weighted by atomic mass is 32.1. The van der Waals surface area contributed by atoms with Gasteiger partial charge in [0.2, 0.25) is 0 Å². The van der Waals surface area contributed by atoms with Crippen LogP contribution < -0.4 is 10.9 Å². The number of carbonyl (C=O) groups excluding carboxylic acids is 1. The third-order valence-electron chi connectivity index (χ3n) is 3.11. The van der Waals surface area contributed by atoms with Crippen molar-refractivity contribution in [3.8, 4) is 0 Å². The Morgan fingerprint density at radius 3 is 2.71 bits per heavy atom. The molecule has 0 aliphatic rings. The number of hydrogen-bond donors (Lipinski definition) is 1. The van der Waals surface area contributed by atoms with Gasteiger partial charge in [0.1, 0.15) is 0 Å². The Labute approximate surface area is 125 Å². The monoisotopic (exact) mass is 301 g/mol. The molecule has 3 rings (SSSR count). The molecule has 0 aliphatic heterocycles. The number of nitrogens with one attached hydrogen (secondary N) is 1. The zero-order valence-electron chi connectivity index (χ0n) is 12.0. The molecule has 0 unspecified atom stereocenters. The number of pyridine rings is 2. The number of rotatable bonds is 0. The SMILES string of the molecule is CC(C)(C)NC(=O)n1c(=O)c2ccncc2c2cscc21. The Balaban J connectivity index is 2.35. The van der Waals surface area contributed by atoms with Gasteiger partial charge in [0.15, 0.2) is 0 Å². The molecule has 0 fully saturated rings. The fourth-order valence-corrected chi connectivity index (χ4v) is 3.08. The van der Waals surface area contributed by atoms with Crippen LogP contribution in [-0.2, 0) is 0 Å². The van der Waals surface area contributed by atoms with Gasteiger partial charge >= 0.3 is 6.03 Å². The van der Waals surface area contributed by atoms with E-state index in [9.17, 15) is 9.59 Å². The summed E-state index contributed by atoms with van der Waals surface area (Å²) in [5.41, 5.74) is -0.112. The minimum Gasteiger partial charge on any atom is -0.333 e. The molecule has 0 aromatic carbocycles. The quantitative estimate of drug-likeness (QED) is 0.694. The first-order valence-electron chi connectivity index (χ1n) is 6.55. The van der Waals surface area contributed by atoms with Crippen molar-refractivity contribution >= 4 is 39.0 Å². The Morgan fingerprint density at radius 2 is 2.00 bits per heavy atom. The molecular formula is C15H15N3O2S. The van der Waals surface area contributed by atoms with E-state index in [2.05, 4.69) is 10.3 Å². The van der Waals surface area contributed by atoms with Gasteiger partial charge in [0, 0.05) is 39.5 Å². The molecular weight excluding hydrogens is 286 g/mol. The highest BCUT2D eigenvalue weighted by Crippen LogP contribution is 2.25. The Bertz CT molecular complexity index is 903. The number of amides is 1. The Morgan fingerprint density at radius 1 is 1.24 bits per heavy atom. The van der Waals surface area contributed by atoms with Gasteiger partial charge < -0.3 is 5.32 Å². The molecule has 3 heterocycles. The molecule has 0 atom stereocenters. The van der Waals surface area contributed by atoms with Crippen molar-refractivity contribution in [2.75, 3.05) is 0 Å². The van der Waals surface area contributed by atoms with Crippen molar-refractivity contribution < 1.29 is 4.79 Å². The summed E-state index contributed by atoms with van der Waals surface area (Å²) in [5, 5.41) is 8.72. The van der Waals surface area contributed by atoms with Crippen molar-refractivity contribution in [1.82, 2.24) is 14.9 Å². The zero-order valence-corrected chi connectivity index (χ0v) is 12.8. The summed E-state index contributed by atoms with van der Waals surface area (Å²) in [7, 11) is 0. The van der Waals surface area contributed by atoms with Gasteiger partial charge in [-0.25, -0.2) is 9.36 Å². The molecule has 5 nitrogen and oxygen atoms in total. The molecule has 0 spiro atoms. The number of carbonyl (C=O) groups is 1. The Hall–Kier alpha value is -2.21. The summed E-state index contributed by atoms with van der Waals surface area (Å²) in [6.45, 7) is 5.64.